The van der Waals surface area contributed by atoms with Gasteiger partial charge in [-0.05, 0) is 69.2 Å². The van der Waals surface area contributed by atoms with Crippen LogP contribution in [0.3, 0.4) is 0 Å². The summed E-state index contributed by atoms with van der Waals surface area (Å²) in [5, 5.41) is 10.2. The van der Waals surface area contributed by atoms with Crippen LogP contribution in [0.2, 0.25) is 0 Å². The van der Waals surface area contributed by atoms with Gasteiger partial charge in [0, 0.05) is 34.5 Å². The monoisotopic (exact) mass is 398 g/mol. The molecular weight excluding hydrogens is 372 g/mol. The largest absolute Gasteiger partial charge is 0.393 e. The number of nitrogens with zero attached hydrogens (tertiary/aromatic N) is 3. The van der Waals surface area contributed by atoms with Crippen LogP contribution in [0.5, 0.6) is 0 Å². The van der Waals surface area contributed by atoms with E-state index in [2.05, 4.69) is 41.1 Å². The molecule has 5 nitrogen and oxygen atoms in total. The molecule has 0 amide bonds. The predicted molar refractivity (Wildman–Crippen MR) is 119 cm³/mol. The molecule has 5 heteroatoms. The predicted octanol–water partition coefficient (Wildman–Crippen LogP) is 3.58. The van der Waals surface area contributed by atoms with Crippen molar-refractivity contribution in [2.45, 2.75) is 57.7 Å². The first-order valence-corrected chi connectivity index (χ1v) is 10.6. The highest BCUT2D eigenvalue weighted by Crippen LogP contribution is 2.61. The van der Waals surface area contributed by atoms with Gasteiger partial charge in [0.15, 0.2) is 5.66 Å². The molecule has 3 aliphatic rings. The van der Waals surface area contributed by atoms with Gasteiger partial charge in [-0.15, -0.1) is 5.92 Å². The van der Waals surface area contributed by atoms with Crippen LogP contribution in [0.25, 0.3) is 11.1 Å². The molecule has 0 saturated heterocycles. The van der Waals surface area contributed by atoms with Crippen molar-refractivity contribution in [1.29, 1.82) is 0 Å². The van der Waals surface area contributed by atoms with E-state index in [4.69, 9.17) is 15.7 Å². The third kappa shape index (κ3) is 2.71. The van der Waals surface area contributed by atoms with Gasteiger partial charge in [-0.3, -0.25) is 9.98 Å². The average Bonchev–Trinajstić information content (AvgIpc) is 3.18. The van der Waals surface area contributed by atoms with Crippen molar-refractivity contribution in [3.63, 3.8) is 0 Å². The van der Waals surface area contributed by atoms with Crippen molar-refractivity contribution in [3.8, 4) is 23.0 Å². The summed E-state index contributed by atoms with van der Waals surface area (Å²) in [5.41, 5.74) is 11.7. The van der Waals surface area contributed by atoms with Crippen LogP contribution in [-0.4, -0.2) is 27.7 Å². The maximum Gasteiger partial charge on any atom is 0.184 e. The second-order valence-electron chi connectivity index (χ2n) is 8.76. The first-order chi connectivity index (χ1) is 14.5. The van der Waals surface area contributed by atoms with Crippen LogP contribution >= 0.6 is 0 Å². The van der Waals surface area contributed by atoms with Crippen LogP contribution in [0.4, 0.5) is 0 Å². The maximum absolute atomic E-state index is 10.2. The number of nitrogens with two attached hydrogens (primary N) is 1. The summed E-state index contributed by atoms with van der Waals surface area (Å²) in [6, 6.07) is 8.65. The Morgan fingerprint density at radius 3 is 2.60 bits per heavy atom. The fraction of sp³-hybridized carbons (Fsp3) is 0.400. The topological polar surface area (TPSA) is 83.9 Å². The summed E-state index contributed by atoms with van der Waals surface area (Å²) < 4.78 is 0. The Morgan fingerprint density at radius 2 is 1.90 bits per heavy atom. The van der Waals surface area contributed by atoms with E-state index in [-0.39, 0.29) is 11.5 Å². The highest BCUT2D eigenvalue weighted by Gasteiger charge is 2.60. The molecule has 2 aromatic rings. The summed E-state index contributed by atoms with van der Waals surface area (Å²) in [5.74, 6) is 6.55. The number of aliphatic imine (C=N–C) groups is 2. The molecule has 0 bridgehead atoms. The van der Waals surface area contributed by atoms with Gasteiger partial charge in [-0.25, -0.2) is 4.99 Å². The van der Waals surface area contributed by atoms with E-state index < -0.39 is 5.66 Å². The highest BCUT2D eigenvalue weighted by atomic mass is 16.3. The molecule has 30 heavy (non-hydrogen) atoms. The van der Waals surface area contributed by atoms with E-state index >= 15 is 0 Å². The third-order valence-electron chi connectivity index (χ3n) is 6.99. The highest BCUT2D eigenvalue weighted by molar-refractivity contribution is 6.41. The lowest BCUT2D eigenvalue weighted by Crippen LogP contribution is -2.43. The fourth-order valence-corrected chi connectivity index (χ4v) is 5.44. The van der Waals surface area contributed by atoms with E-state index in [1.54, 1.807) is 6.20 Å². The normalized spacial score (nSPS) is 29.4. The molecule has 1 fully saturated rings. The Hall–Kier alpha value is -2.97. The molecule has 152 valence electrons. The second-order valence-corrected chi connectivity index (χ2v) is 8.76. The lowest BCUT2D eigenvalue weighted by atomic mass is 9.65. The number of hydrogen-bond donors (Lipinski definition) is 2. The Kier molecular flexibility index (Phi) is 4.30. The van der Waals surface area contributed by atoms with Crippen molar-refractivity contribution in [1.82, 2.24) is 4.98 Å². The Balaban J connectivity index is 1.66. The zero-order chi connectivity index (χ0) is 20.9. The van der Waals surface area contributed by atoms with E-state index in [0.717, 1.165) is 60.1 Å². The van der Waals surface area contributed by atoms with E-state index in [0.29, 0.717) is 5.84 Å². The lowest BCUT2D eigenvalue weighted by Gasteiger charge is -2.44. The van der Waals surface area contributed by atoms with Crippen LogP contribution in [-0.2, 0) is 12.1 Å². The second kappa shape index (κ2) is 6.78. The number of aliphatic hydroxyl groups is 1. The number of hydrogen-bond acceptors (Lipinski definition) is 5. The molecule has 5 rings (SSSR count). The smallest absolute Gasteiger partial charge is 0.184 e. The molecule has 0 radical (unpaired) electrons. The van der Waals surface area contributed by atoms with Gasteiger partial charge in [0.2, 0.25) is 0 Å². The van der Waals surface area contributed by atoms with E-state index in [9.17, 15) is 5.11 Å². The van der Waals surface area contributed by atoms with Crippen LogP contribution < -0.4 is 5.73 Å². The van der Waals surface area contributed by atoms with Gasteiger partial charge in [-0.2, -0.15) is 0 Å². The van der Waals surface area contributed by atoms with Crippen LogP contribution in [0, 0.1) is 17.3 Å². The number of fused-ring (bicyclic) bond motifs is 3. The zero-order valence-corrected chi connectivity index (χ0v) is 17.4. The number of amidine groups is 1. The van der Waals surface area contributed by atoms with Crippen molar-refractivity contribution in [3.05, 3.63) is 53.3 Å². The van der Waals surface area contributed by atoms with Crippen LogP contribution in [0.15, 0.2) is 46.6 Å². The van der Waals surface area contributed by atoms with Gasteiger partial charge in [0.05, 0.1) is 11.8 Å². The number of benzene rings is 1. The maximum atomic E-state index is 10.2. The van der Waals surface area contributed by atoms with Crippen LogP contribution in [0.1, 0.15) is 56.2 Å². The molecule has 1 aromatic heterocycles. The Labute approximate surface area is 177 Å². The molecule has 1 unspecified atom stereocenters. The number of pyridine rings is 1. The Bertz CT molecular complexity index is 1130. The Morgan fingerprint density at radius 1 is 1.10 bits per heavy atom. The quantitative estimate of drug-likeness (QED) is 0.720. The molecule has 2 aliphatic carbocycles. The zero-order valence-electron chi connectivity index (χ0n) is 17.4. The lowest BCUT2D eigenvalue weighted by molar-refractivity contribution is 0.0233. The molecule has 1 atom stereocenters. The molecule has 1 aromatic carbocycles. The SMILES string of the molecule is CC#Cc1cncc(-c2ccc3c(c2)C2(N=C(C)C(N)=N2)[C@]2(CC[C@H](O)CC2)C3)c1. The molecule has 2 spiro atoms. The average molecular weight is 399 g/mol. The molecular formula is C25H26N4O. The van der Waals surface area contributed by atoms with Crippen molar-refractivity contribution in [2.24, 2.45) is 21.1 Å². The number of aromatic nitrogens is 1. The minimum absolute atomic E-state index is 0.122. The van der Waals surface area contributed by atoms with Gasteiger partial charge >= 0.3 is 0 Å². The minimum atomic E-state index is -0.680. The first kappa shape index (κ1) is 19.0. The molecule has 2 heterocycles. The fourth-order valence-electron chi connectivity index (χ4n) is 5.44. The van der Waals surface area contributed by atoms with Crippen molar-refractivity contribution < 1.29 is 5.11 Å². The first-order valence-electron chi connectivity index (χ1n) is 10.6. The summed E-state index contributed by atoms with van der Waals surface area (Å²) in [7, 11) is 0. The van der Waals surface area contributed by atoms with Gasteiger partial charge in [0.1, 0.15) is 5.84 Å². The summed E-state index contributed by atoms with van der Waals surface area (Å²) in [4.78, 5) is 14.5. The third-order valence-corrected chi connectivity index (χ3v) is 6.99. The van der Waals surface area contributed by atoms with Crippen molar-refractivity contribution in [2.75, 3.05) is 0 Å². The van der Waals surface area contributed by atoms with Gasteiger partial charge in [0.25, 0.3) is 0 Å². The molecule has 3 N–H and O–H groups in total. The summed E-state index contributed by atoms with van der Waals surface area (Å²) in [6.07, 6.45) is 7.72. The molecule has 1 aliphatic heterocycles. The summed E-state index contributed by atoms with van der Waals surface area (Å²) in [6.45, 7) is 3.77. The van der Waals surface area contributed by atoms with E-state index in [1.165, 1.54) is 5.56 Å². The van der Waals surface area contributed by atoms with Crippen molar-refractivity contribution >= 4 is 11.5 Å². The number of rotatable bonds is 1. The van der Waals surface area contributed by atoms with E-state index in [1.807, 2.05) is 20.0 Å². The molecule has 1 saturated carbocycles. The van der Waals surface area contributed by atoms with Gasteiger partial charge < -0.3 is 10.8 Å². The minimum Gasteiger partial charge on any atom is -0.393 e. The van der Waals surface area contributed by atoms with Gasteiger partial charge in [-0.1, -0.05) is 18.1 Å². The number of aliphatic hydroxyl groups excluding tert-OH is 1. The standard InChI is InChI=1S/C25H26N4O/c1-3-4-17-11-20(15-27-14-17)18-5-6-19-13-24(9-7-21(30)8-10-24)25(22(19)12-18)28-16(2)23(26)29-25/h5-6,11-12,14-15,21,30H,7-10,13H2,1-2H3,(H2,26,29)/t21-,24-,25?. The summed E-state index contributed by atoms with van der Waals surface area (Å²) >= 11 is 0.